The van der Waals surface area contributed by atoms with Crippen molar-refractivity contribution in [1.82, 2.24) is 14.9 Å². The smallest absolute Gasteiger partial charge is 0.267 e. The second-order valence-electron chi connectivity index (χ2n) is 6.88. The number of carbonyl (C=O) groups excluding carboxylic acids is 2. The minimum Gasteiger partial charge on any atom is -0.494 e. The first-order chi connectivity index (χ1) is 15.0. The largest absolute Gasteiger partial charge is 0.494 e. The summed E-state index contributed by atoms with van der Waals surface area (Å²) in [4.78, 5) is 45.2. The van der Waals surface area contributed by atoms with Crippen LogP contribution in [0.1, 0.15) is 26.3 Å². The van der Waals surface area contributed by atoms with Crippen LogP contribution >= 0.6 is 0 Å². The van der Waals surface area contributed by atoms with E-state index in [1.807, 2.05) is 0 Å². The number of nitrogens with one attached hydrogen (secondary N) is 1. The van der Waals surface area contributed by atoms with Crippen LogP contribution in [0.15, 0.2) is 76.6 Å². The van der Waals surface area contributed by atoms with Crippen LogP contribution in [-0.4, -0.2) is 32.7 Å². The lowest BCUT2D eigenvalue weighted by Crippen LogP contribution is -2.20. The fourth-order valence-corrected chi connectivity index (χ4v) is 3.56. The van der Waals surface area contributed by atoms with Gasteiger partial charge >= 0.3 is 0 Å². The maximum Gasteiger partial charge on any atom is 0.267 e. The molecule has 8 nitrogen and oxygen atoms in total. The predicted molar refractivity (Wildman–Crippen MR) is 114 cm³/mol. The molecule has 1 aliphatic heterocycles. The number of nitrogens with zero attached hydrogens (tertiary/aromatic N) is 3. The summed E-state index contributed by atoms with van der Waals surface area (Å²) in [5.41, 5.74) is 0.870. The second kappa shape index (κ2) is 7.03. The standard InChI is InChI=1S/C23H14N4O4/c28-20-15-9-8-13(11-17(15)21(29)26-20)25-12-18-14-5-1-2-6-16(14)22(30)27(23(18)31)19-7-3-4-10-24-19/h1-12,31H,(H,26,28,29). The van der Waals surface area contributed by atoms with Crippen LogP contribution in [0.4, 0.5) is 5.69 Å². The number of hydrogen-bond acceptors (Lipinski definition) is 6. The third-order valence-corrected chi connectivity index (χ3v) is 5.04. The highest BCUT2D eigenvalue weighted by molar-refractivity contribution is 6.21. The van der Waals surface area contributed by atoms with Crippen LogP contribution in [-0.2, 0) is 0 Å². The Labute approximate surface area is 175 Å². The van der Waals surface area contributed by atoms with Crippen molar-refractivity contribution in [1.29, 1.82) is 0 Å². The summed E-state index contributed by atoms with van der Waals surface area (Å²) in [5.74, 6) is -0.950. The van der Waals surface area contributed by atoms with Crippen molar-refractivity contribution in [3.05, 3.63) is 93.9 Å². The molecule has 8 heteroatoms. The molecule has 0 fully saturated rings. The van der Waals surface area contributed by atoms with Crippen molar-refractivity contribution in [3.63, 3.8) is 0 Å². The van der Waals surface area contributed by atoms with Gasteiger partial charge in [-0.05, 0) is 36.4 Å². The normalized spacial score (nSPS) is 13.0. The van der Waals surface area contributed by atoms with Crippen molar-refractivity contribution >= 4 is 34.5 Å². The molecule has 1 aliphatic rings. The molecule has 0 saturated carbocycles. The average Bonchev–Trinajstić information content (AvgIpc) is 3.07. The molecule has 2 N–H and O–H groups in total. The summed E-state index contributed by atoms with van der Waals surface area (Å²) in [6.07, 6.45) is 2.95. The quantitative estimate of drug-likeness (QED) is 0.398. The lowest BCUT2D eigenvalue weighted by Gasteiger charge is -2.12. The zero-order valence-electron chi connectivity index (χ0n) is 15.9. The number of hydrogen-bond donors (Lipinski definition) is 2. The molecule has 0 radical (unpaired) electrons. The lowest BCUT2D eigenvalue weighted by atomic mass is 10.1. The number of aromatic nitrogens is 2. The summed E-state index contributed by atoms with van der Waals surface area (Å²) in [7, 11) is 0. The first-order valence-corrected chi connectivity index (χ1v) is 9.36. The maximum atomic E-state index is 13.0. The first-order valence-electron chi connectivity index (χ1n) is 9.36. The van der Waals surface area contributed by atoms with Crippen molar-refractivity contribution in [3.8, 4) is 11.7 Å². The van der Waals surface area contributed by atoms with Gasteiger partial charge in [-0.1, -0.05) is 24.3 Å². The van der Waals surface area contributed by atoms with E-state index in [1.54, 1.807) is 48.5 Å². The molecule has 0 saturated heterocycles. The van der Waals surface area contributed by atoms with Crippen LogP contribution in [0, 0.1) is 0 Å². The van der Waals surface area contributed by atoms with Gasteiger partial charge in [0.1, 0.15) is 5.82 Å². The molecule has 2 aromatic carbocycles. The molecule has 31 heavy (non-hydrogen) atoms. The van der Waals surface area contributed by atoms with E-state index < -0.39 is 17.4 Å². The Morgan fingerprint density at radius 2 is 1.65 bits per heavy atom. The Kier molecular flexibility index (Phi) is 4.18. The van der Waals surface area contributed by atoms with Gasteiger partial charge in [0.05, 0.1) is 22.4 Å². The summed E-state index contributed by atoms with van der Waals surface area (Å²) < 4.78 is 1.12. The molecular weight excluding hydrogens is 396 g/mol. The molecule has 0 unspecified atom stereocenters. The van der Waals surface area contributed by atoms with Gasteiger partial charge in [-0.15, -0.1) is 0 Å². The van der Waals surface area contributed by atoms with E-state index in [4.69, 9.17) is 0 Å². The van der Waals surface area contributed by atoms with Gasteiger partial charge in [-0.2, -0.15) is 0 Å². The summed E-state index contributed by atoms with van der Waals surface area (Å²) >= 11 is 0. The molecule has 3 heterocycles. The SMILES string of the molecule is O=C1NC(=O)c2cc(N=Cc3c(O)n(-c4ccccn4)c(=O)c4ccccc34)ccc21. The second-order valence-corrected chi connectivity index (χ2v) is 6.88. The Balaban J connectivity index is 1.69. The molecule has 2 amide bonds. The predicted octanol–water partition coefficient (Wildman–Crippen LogP) is 2.73. The summed E-state index contributed by atoms with van der Waals surface area (Å²) in [6, 6.07) is 16.5. The Morgan fingerprint density at radius 3 is 2.42 bits per heavy atom. The van der Waals surface area contributed by atoms with E-state index in [0.717, 1.165) is 4.57 Å². The highest BCUT2D eigenvalue weighted by Crippen LogP contribution is 2.27. The molecule has 2 aromatic heterocycles. The Bertz CT molecular complexity index is 1470. The minimum atomic E-state index is -0.478. The zero-order chi connectivity index (χ0) is 21.5. The number of rotatable bonds is 3. The molecule has 0 atom stereocenters. The van der Waals surface area contributed by atoms with Crippen molar-refractivity contribution in [2.75, 3.05) is 0 Å². The highest BCUT2D eigenvalue weighted by atomic mass is 16.3. The molecular formula is C23H14N4O4. The number of amides is 2. The van der Waals surface area contributed by atoms with Gasteiger partial charge in [0.25, 0.3) is 17.4 Å². The van der Waals surface area contributed by atoms with Crippen molar-refractivity contribution in [2.45, 2.75) is 0 Å². The fourth-order valence-electron chi connectivity index (χ4n) is 3.56. The van der Waals surface area contributed by atoms with Crippen molar-refractivity contribution in [2.24, 2.45) is 4.99 Å². The van der Waals surface area contributed by atoms with Gasteiger partial charge in [-0.3, -0.25) is 24.7 Å². The van der Waals surface area contributed by atoms with E-state index in [1.165, 1.54) is 24.5 Å². The third kappa shape index (κ3) is 2.98. The number of aliphatic imine (C=N–C) groups is 1. The van der Waals surface area contributed by atoms with Crippen LogP contribution in [0.3, 0.4) is 0 Å². The number of aromatic hydroxyl groups is 1. The summed E-state index contributed by atoms with van der Waals surface area (Å²) in [5, 5.41) is 14.1. The number of carbonyl (C=O) groups is 2. The molecule has 150 valence electrons. The fraction of sp³-hybridized carbons (Fsp3) is 0. The Morgan fingerprint density at radius 1 is 0.903 bits per heavy atom. The van der Waals surface area contributed by atoms with Gasteiger partial charge in [-0.25, -0.2) is 9.55 Å². The molecule has 0 spiro atoms. The van der Waals surface area contributed by atoms with E-state index in [2.05, 4.69) is 15.3 Å². The highest BCUT2D eigenvalue weighted by Gasteiger charge is 2.26. The van der Waals surface area contributed by atoms with Gasteiger partial charge < -0.3 is 5.11 Å². The Hall–Kier alpha value is -4.59. The number of benzene rings is 2. The topological polar surface area (TPSA) is 114 Å². The zero-order valence-corrected chi connectivity index (χ0v) is 15.9. The van der Waals surface area contributed by atoms with Crippen LogP contribution in [0.5, 0.6) is 5.88 Å². The molecule has 0 bridgehead atoms. The molecule has 0 aliphatic carbocycles. The van der Waals surface area contributed by atoms with Crippen LogP contribution < -0.4 is 10.9 Å². The van der Waals surface area contributed by atoms with Crippen LogP contribution in [0.2, 0.25) is 0 Å². The maximum absolute atomic E-state index is 13.0. The van der Waals surface area contributed by atoms with Gasteiger partial charge in [0.2, 0.25) is 5.88 Å². The summed E-state index contributed by atoms with van der Waals surface area (Å²) in [6.45, 7) is 0. The number of fused-ring (bicyclic) bond motifs is 2. The number of pyridine rings is 2. The van der Waals surface area contributed by atoms with Crippen molar-refractivity contribution < 1.29 is 14.7 Å². The third-order valence-electron chi connectivity index (χ3n) is 5.04. The minimum absolute atomic E-state index is 0.243. The van der Waals surface area contributed by atoms with E-state index >= 15 is 0 Å². The van der Waals surface area contributed by atoms with Gasteiger partial charge in [0.15, 0.2) is 0 Å². The van der Waals surface area contributed by atoms with Gasteiger partial charge in [0, 0.05) is 23.2 Å². The van der Waals surface area contributed by atoms with E-state index in [9.17, 15) is 19.5 Å². The molecule has 4 aromatic rings. The first kappa shape index (κ1) is 18.4. The number of imide groups is 1. The monoisotopic (exact) mass is 410 g/mol. The van der Waals surface area contributed by atoms with Crippen LogP contribution in [0.25, 0.3) is 16.6 Å². The average molecular weight is 410 g/mol. The van der Waals surface area contributed by atoms with E-state index in [-0.39, 0.29) is 17.3 Å². The van der Waals surface area contributed by atoms with E-state index in [0.29, 0.717) is 27.6 Å². The molecule has 5 rings (SSSR count). The lowest BCUT2D eigenvalue weighted by molar-refractivity contribution is 0.0879.